The van der Waals surface area contributed by atoms with Crippen LogP contribution in [0.25, 0.3) is 0 Å². The molecule has 0 radical (unpaired) electrons. The van der Waals surface area contributed by atoms with Crippen LogP contribution in [0, 0.1) is 0 Å². The molecule has 0 aromatic carbocycles. The quantitative estimate of drug-likeness (QED) is 0.905. The maximum atomic E-state index is 11.3. The molecule has 3 nitrogen and oxygen atoms in total. The average Bonchev–Trinajstić information content (AvgIpc) is 2.51. The van der Waals surface area contributed by atoms with Crippen LogP contribution in [-0.2, 0) is 4.79 Å². The summed E-state index contributed by atoms with van der Waals surface area (Å²) in [6, 6.07) is 1.87. The van der Waals surface area contributed by atoms with Gasteiger partial charge in [-0.15, -0.1) is 11.3 Å². The van der Waals surface area contributed by atoms with Crippen LogP contribution in [0.1, 0.15) is 6.42 Å². The predicted octanol–water partition coefficient (Wildman–Crippen LogP) is 1.86. The van der Waals surface area contributed by atoms with Gasteiger partial charge in [-0.2, -0.15) is 0 Å². The number of carbonyl (C=O) groups excluding carboxylic acids is 1. The third-order valence-electron chi connectivity index (χ3n) is 1.58. The molecule has 0 atom stereocenters. The molecule has 1 N–H and O–H groups in total. The second-order valence-corrected chi connectivity index (χ2v) is 4.33. The van der Waals surface area contributed by atoms with Crippen molar-refractivity contribution in [1.82, 2.24) is 0 Å². The molecule has 0 fully saturated rings. The highest BCUT2D eigenvalue weighted by molar-refractivity contribution is 9.10. The molecule has 0 unspecified atom stereocenters. The highest BCUT2D eigenvalue weighted by atomic mass is 79.9. The van der Waals surface area contributed by atoms with Gasteiger partial charge >= 0.3 is 0 Å². The second-order valence-electron chi connectivity index (χ2n) is 2.53. The SMILES string of the molecule is CN(C(=O)CCO)c1cc(Br)cs1. The minimum atomic E-state index is -0.101. The molecule has 0 saturated carbocycles. The van der Waals surface area contributed by atoms with Crippen LogP contribution in [0.5, 0.6) is 0 Å². The van der Waals surface area contributed by atoms with E-state index in [0.29, 0.717) is 0 Å². The van der Waals surface area contributed by atoms with E-state index in [1.807, 2.05) is 11.4 Å². The number of carbonyl (C=O) groups is 1. The summed E-state index contributed by atoms with van der Waals surface area (Å²) >= 11 is 4.80. The lowest BCUT2D eigenvalue weighted by molar-refractivity contribution is -0.118. The molecule has 1 amide bonds. The Morgan fingerprint density at radius 3 is 2.92 bits per heavy atom. The third kappa shape index (κ3) is 2.79. The maximum Gasteiger partial charge on any atom is 0.229 e. The molecule has 0 aliphatic carbocycles. The average molecular weight is 264 g/mol. The van der Waals surface area contributed by atoms with Crippen LogP contribution in [-0.4, -0.2) is 24.7 Å². The molecule has 1 rings (SSSR count). The van der Waals surface area contributed by atoms with Crippen molar-refractivity contribution in [3.05, 3.63) is 15.9 Å². The fourth-order valence-electron chi connectivity index (χ4n) is 0.865. The maximum absolute atomic E-state index is 11.3. The molecule has 1 aromatic heterocycles. The lowest BCUT2D eigenvalue weighted by Gasteiger charge is -2.13. The highest BCUT2D eigenvalue weighted by Crippen LogP contribution is 2.27. The first-order chi connectivity index (χ1) is 6.15. The van der Waals surface area contributed by atoms with Crippen molar-refractivity contribution in [3.63, 3.8) is 0 Å². The number of hydrogen-bond donors (Lipinski definition) is 1. The van der Waals surface area contributed by atoms with Crippen molar-refractivity contribution in [2.75, 3.05) is 18.6 Å². The zero-order valence-corrected chi connectivity index (χ0v) is 9.56. The minimum absolute atomic E-state index is 0.0724. The van der Waals surface area contributed by atoms with E-state index < -0.39 is 0 Å². The monoisotopic (exact) mass is 263 g/mol. The van der Waals surface area contributed by atoms with E-state index >= 15 is 0 Å². The molecule has 5 heteroatoms. The smallest absolute Gasteiger partial charge is 0.229 e. The molecular weight excluding hydrogens is 254 g/mol. The van der Waals surface area contributed by atoms with Crippen molar-refractivity contribution < 1.29 is 9.90 Å². The Kier molecular flexibility index (Phi) is 3.90. The zero-order chi connectivity index (χ0) is 9.84. The molecule has 0 bridgehead atoms. The number of anilines is 1. The minimum Gasteiger partial charge on any atom is -0.396 e. The van der Waals surface area contributed by atoms with Crippen molar-refractivity contribution in [3.8, 4) is 0 Å². The molecule has 0 aliphatic rings. The number of hydrogen-bond acceptors (Lipinski definition) is 3. The molecular formula is C8H10BrNO2S. The van der Waals surface area contributed by atoms with Crippen molar-refractivity contribution >= 4 is 38.2 Å². The summed E-state index contributed by atoms with van der Waals surface area (Å²) in [5.41, 5.74) is 0. The molecule has 0 aliphatic heterocycles. The third-order valence-corrected chi connectivity index (χ3v) is 3.35. The summed E-state index contributed by atoms with van der Waals surface area (Å²) in [6.45, 7) is -0.101. The lowest BCUT2D eigenvalue weighted by atomic mass is 10.4. The predicted molar refractivity (Wildman–Crippen MR) is 57.1 cm³/mol. The molecule has 72 valence electrons. The first-order valence-corrected chi connectivity index (χ1v) is 5.44. The van der Waals surface area contributed by atoms with Crippen molar-refractivity contribution in [2.24, 2.45) is 0 Å². The lowest BCUT2D eigenvalue weighted by Crippen LogP contribution is -2.25. The molecule has 1 heterocycles. The Labute approximate surface area is 89.1 Å². The second kappa shape index (κ2) is 4.74. The fraction of sp³-hybridized carbons (Fsp3) is 0.375. The van der Waals surface area contributed by atoms with Crippen LogP contribution < -0.4 is 4.90 Å². The van der Waals surface area contributed by atoms with E-state index in [1.54, 1.807) is 11.9 Å². The van der Waals surface area contributed by atoms with Gasteiger partial charge < -0.3 is 10.0 Å². The first-order valence-electron chi connectivity index (χ1n) is 3.76. The molecule has 0 spiro atoms. The number of thiophene rings is 1. The number of rotatable bonds is 3. The van der Waals surface area contributed by atoms with Gasteiger partial charge in [-0.1, -0.05) is 0 Å². The van der Waals surface area contributed by atoms with Crippen molar-refractivity contribution in [1.29, 1.82) is 0 Å². The number of aliphatic hydroxyl groups is 1. The van der Waals surface area contributed by atoms with Crippen LogP contribution >= 0.6 is 27.3 Å². The number of halogens is 1. The van der Waals surface area contributed by atoms with Gasteiger partial charge in [0, 0.05) is 16.9 Å². The van der Waals surface area contributed by atoms with Gasteiger partial charge in [0.25, 0.3) is 0 Å². The Balaban J connectivity index is 2.67. The Morgan fingerprint density at radius 1 is 1.77 bits per heavy atom. The van der Waals surface area contributed by atoms with Gasteiger partial charge in [0.2, 0.25) is 5.91 Å². The van der Waals surface area contributed by atoms with Crippen LogP contribution in [0.15, 0.2) is 15.9 Å². The highest BCUT2D eigenvalue weighted by Gasteiger charge is 2.11. The molecule has 1 aromatic rings. The fourth-order valence-corrected chi connectivity index (χ4v) is 2.27. The van der Waals surface area contributed by atoms with Gasteiger partial charge in [0.15, 0.2) is 0 Å². The normalized spacial score (nSPS) is 10.1. The van der Waals surface area contributed by atoms with E-state index in [1.165, 1.54) is 11.3 Å². The Bertz CT molecular complexity index is 300. The van der Waals surface area contributed by atoms with E-state index in [0.717, 1.165) is 9.47 Å². The van der Waals surface area contributed by atoms with Crippen LogP contribution in [0.2, 0.25) is 0 Å². The number of aliphatic hydroxyl groups excluding tert-OH is 1. The summed E-state index contributed by atoms with van der Waals surface area (Å²) in [5.74, 6) is -0.0724. The van der Waals surface area contributed by atoms with E-state index in [9.17, 15) is 4.79 Å². The van der Waals surface area contributed by atoms with E-state index in [-0.39, 0.29) is 18.9 Å². The zero-order valence-electron chi connectivity index (χ0n) is 7.16. The van der Waals surface area contributed by atoms with Crippen LogP contribution in [0.3, 0.4) is 0 Å². The van der Waals surface area contributed by atoms with Gasteiger partial charge in [-0.3, -0.25) is 4.79 Å². The number of nitrogens with zero attached hydrogens (tertiary/aromatic N) is 1. The van der Waals surface area contributed by atoms with E-state index in [4.69, 9.17) is 5.11 Å². The Morgan fingerprint density at radius 2 is 2.46 bits per heavy atom. The largest absolute Gasteiger partial charge is 0.396 e. The summed E-state index contributed by atoms with van der Waals surface area (Å²) < 4.78 is 0.969. The first kappa shape index (κ1) is 10.7. The number of amides is 1. The summed E-state index contributed by atoms with van der Waals surface area (Å²) in [4.78, 5) is 12.9. The van der Waals surface area contributed by atoms with Gasteiger partial charge in [-0.05, 0) is 22.0 Å². The van der Waals surface area contributed by atoms with Crippen molar-refractivity contribution in [2.45, 2.75) is 6.42 Å². The van der Waals surface area contributed by atoms with Gasteiger partial charge in [-0.25, -0.2) is 0 Å². The van der Waals surface area contributed by atoms with Gasteiger partial charge in [0.05, 0.1) is 18.0 Å². The Hall–Kier alpha value is -0.390. The summed E-state index contributed by atoms with van der Waals surface area (Å²) in [5, 5.41) is 11.4. The standard InChI is InChI=1S/C8H10BrNO2S/c1-10(7(12)2-3-11)8-4-6(9)5-13-8/h4-5,11H,2-3H2,1H3. The topological polar surface area (TPSA) is 40.5 Å². The summed E-state index contributed by atoms with van der Waals surface area (Å²) in [6.07, 6.45) is 0.173. The molecule has 0 saturated heterocycles. The van der Waals surface area contributed by atoms with Gasteiger partial charge in [0.1, 0.15) is 0 Å². The summed E-state index contributed by atoms with van der Waals surface area (Å²) in [7, 11) is 1.70. The van der Waals surface area contributed by atoms with E-state index in [2.05, 4.69) is 15.9 Å². The van der Waals surface area contributed by atoms with Crippen LogP contribution in [0.4, 0.5) is 5.00 Å². The molecule has 13 heavy (non-hydrogen) atoms.